The highest BCUT2D eigenvalue weighted by Crippen LogP contribution is 2.26. The van der Waals surface area contributed by atoms with Gasteiger partial charge in [-0.1, -0.05) is 45.0 Å². The molecule has 0 bridgehead atoms. The summed E-state index contributed by atoms with van der Waals surface area (Å²) in [5, 5.41) is 8.86. The molecule has 16 heavy (non-hydrogen) atoms. The van der Waals surface area contributed by atoms with Gasteiger partial charge < -0.3 is 10.0 Å². The van der Waals surface area contributed by atoms with E-state index in [-0.39, 0.29) is 5.41 Å². The predicted octanol–water partition coefficient (Wildman–Crippen LogP) is 3.09. The molecule has 0 saturated heterocycles. The second-order valence-corrected chi connectivity index (χ2v) is 5.05. The fourth-order valence-electron chi connectivity index (χ4n) is 1.71. The van der Waals surface area contributed by atoms with E-state index in [1.807, 2.05) is 18.2 Å². The maximum Gasteiger partial charge on any atom is 0.407 e. The van der Waals surface area contributed by atoms with Gasteiger partial charge in [0.05, 0.1) is 0 Å². The molecule has 1 rings (SSSR count). The van der Waals surface area contributed by atoms with Crippen LogP contribution in [0.4, 0.5) is 4.79 Å². The van der Waals surface area contributed by atoms with Crippen molar-refractivity contribution in [2.24, 2.45) is 0 Å². The highest BCUT2D eigenvalue weighted by molar-refractivity contribution is 5.64. The van der Waals surface area contributed by atoms with Crippen LogP contribution < -0.4 is 0 Å². The smallest absolute Gasteiger partial charge is 0.407 e. The predicted molar refractivity (Wildman–Crippen MR) is 64.6 cm³/mol. The van der Waals surface area contributed by atoms with E-state index in [0.29, 0.717) is 6.54 Å². The van der Waals surface area contributed by atoms with Crippen LogP contribution in [0.3, 0.4) is 0 Å². The second-order valence-electron chi connectivity index (χ2n) is 5.05. The first-order chi connectivity index (χ1) is 7.32. The topological polar surface area (TPSA) is 40.5 Å². The van der Waals surface area contributed by atoms with E-state index in [0.717, 1.165) is 5.56 Å². The van der Waals surface area contributed by atoms with Gasteiger partial charge in [0, 0.05) is 13.6 Å². The number of carboxylic acid groups (broad SMARTS) is 1. The lowest BCUT2D eigenvalue weighted by Crippen LogP contribution is -2.26. The average Bonchev–Trinajstić information content (AvgIpc) is 2.16. The average molecular weight is 221 g/mol. The van der Waals surface area contributed by atoms with Crippen LogP contribution in [0.5, 0.6) is 0 Å². The molecule has 0 aliphatic heterocycles. The van der Waals surface area contributed by atoms with Crippen molar-refractivity contribution in [1.29, 1.82) is 0 Å². The summed E-state index contributed by atoms with van der Waals surface area (Å²) >= 11 is 0. The van der Waals surface area contributed by atoms with Crippen LogP contribution in [0.25, 0.3) is 0 Å². The number of nitrogens with zero attached hydrogens (tertiary/aromatic N) is 1. The van der Waals surface area contributed by atoms with Crippen molar-refractivity contribution in [2.75, 3.05) is 7.05 Å². The number of rotatable bonds is 2. The summed E-state index contributed by atoms with van der Waals surface area (Å²) in [5.74, 6) is 0. The zero-order valence-electron chi connectivity index (χ0n) is 10.3. The minimum Gasteiger partial charge on any atom is -0.465 e. The van der Waals surface area contributed by atoms with Gasteiger partial charge in [0.15, 0.2) is 0 Å². The van der Waals surface area contributed by atoms with Crippen molar-refractivity contribution >= 4 is 6.09 Å². The zero-order chi connectivity index (χ0) is 12.3. The zero-order valence-corrected chi connectivity index (χ0v) is 10.3. The van der Waals surface area contributed by atoms with Crippen molar-refractivity contribution in [2.45, 2.75) is 32.7 Å². The Kier molecular flexibility index (Phi) is 3.58. The molecule has 1 aromatic rings. The summed E-state index contributed by atoms with van der Waals surface area (Å²) < 4.78 is 0. The summed E-state index contributed by atoms with van der Waals surface area (Å²) in [6.07, 6.45) is -0.899. The minimum absolute atomic E-state index is 0.0376. The van der Waals surface area contributed by atoms with Crippen molar-refractivity contribution in [3.63, 3.8) is 0 Å². The molecule has 1 amide bonds. The third-order valence-electron chi connectivity index (χ3n) is 2.56. The molecule has 1 N–H and O–H groups in total. The Bertz CT molecular complexity index is 380. The SMILES string of the molecule is CN(Cc1ccccc1C(C)(C)C)C(=O)O. The summed E-state index contributed by atoms with van der Waals surface area (Å²) in [5.41, 5.74) is 2.30. The number of hydrogen-bond acceptors (Lipinski definition) is 1. The first-order valence-electron chi connectivity index (χ1n) is 5.35. The molecule has 1 aromatic carbocycles. The largest absolute Gasteiger partial charge is 0.465 e. The number of benzene rings is 1. The normalized spacial score (nSPS) is 11.2. The molecule has 3 heteroatoms. The monoisotopic (exact) mass is 221 g/mol. The standard InChI is InChI=1S/C13H19NO2/c1-13(2,3)11-8-6-5-7-10(11)9-14(4)12(15)16/h5-8H,9H2,1-4H3,(H,15,16). The molecule has 0 aliphatic rings. The van der Waals surface area contributed by atoms with E-state index in [1.165, 1.54) is 10.5 Å². The molecule has 0 heterocycles. The first kappa shape index (κ1) is 12.6. The Hall–Kier alpha value is -1.51. The Morgan fingerprint density at radius 3 is 2.38 bits per heavy atom. The summed E-state index contributed by atoms with van der Waals surface area (Å²) in [4.78, 5) is 12.1. The van der Waals surface area contributed by atoms with Crippen LogP contribution in [-0.4, -0.2) is 23.1 Å². The summed E-state index contributed by atoms with van der Waals surface area (Å²) in [6.45, 7) is 6.83. The molecule has 0 unspecified atom stereocenters. The van der Waals surface area contributed by atoms with Gasteiger partial charge in [-0.15, -0.1) is 0 Å². The third kappa shape index (κ3) is 2.99. The van der Waals surface area contributed by atoms with E-state index in [9.17, 15) is 4.79 Å². The van der Waals surface area contributed by atoms with Gasteiger partial charge in [-0.25, -0.2) is 4.79 Å². The molecular weight excluding hydrogens is 202 g/mol. The molecule has 0 atom stereocenters. The lowest BCUT2D eigenvalue weighted by molar-refractivity contribution is 0.153. The van der Waals surface area contributed by atoms with Gasteiger partial charge >= 0.3 is 6.09 Å². The molecule has 0 saturated carbocycles. The second kappa shape index (κ2) is 4.56. The minimum atomic E-state index is -0.899. The molecule has 0 aliphatic carbocycles. The third-order valence-corrected chi connectivity index (χ3v) is 2.56. The van der Waals surface area contributed by atoms with Gasteiger partial charge in [-0.05, 0) is 16.5 Å². The lowest BCUT2D eigenvalue weighted by atomic mass is 9.84. The molecular formula is C13H19NO2. The number of carbonyl (C=O) groups is 1. The summed E-state index contributed by atoms with van der Waals surface area (Å²) in [7, 11) is 1.59. The van der Waals surface area contributed by atoms with E-state index in [2.05, 4.69) is 26.8 Å². The van der Waals surface area contributed by atoms with E-state index in [4.69, 9.17) is 5.11 Å². The molecule has 0 fully saturated rings. The van der Waals surface area contributed by atoms with Crippen molar-refractivity contribution < 1.29 is 9.90 Å². The van der Waals surface area contributed by atoms with E-state index in [1.54, 1.807) is 7.05 Å². The number of hydrogen-bond donors (Lipinski definition) is 1. The van der Waals surface area contributed by atoms with Crippen LogP contribution in [0.1, 0.15) is 31.9 Å². The van der Waals surface area contributed by atoms with Crippen molar-refractivity contribution in [1.82, 2.24) is 4.90 Å². The van der Waals surface area contributed by atoms with Crippen LogP contribution in [0.15, 0.2) is 24.3 Å². The Morgan fingerprint density at radius 2 is 1.88 bits per heavy atom. The van der Waals surface area contributed by atoms with Gasteiger partial charge in [0.2, 0.25) is 0 Å². The number of amides is 1. The van der Waals surface area contributed by atoms with Gasteiger partial charge in [0.1, 0.15) is 0 Å². The quantitative estimate of drug-likeness (QED) is 0.833. The molecule has 0 spiro atoms. The fourth-order valence-corrected chi connectivity index (χ4v) is 1.71. The lowest BCUT2D eigenvalue weighted by Gasteiger charge is -2.24. The van der Waals surface area contributed by atoms with Crippen LogP contribution in [-0.2, 0) is 12.0 Å². The molecule has 0 radical (unpaired) electrons. The fraction of sp³-hybridized carbons (Fsp3) is 0.462. The van der Waals surface area contributed by atoms with E-state index >= 15 is 0 Å². The highest BCUT2D eigenvalue weighted by Gasteiger charge is 2.18. The van der Waals surface area contributed by atoms with Gasteiger partial charge in [-0.2, -0.15) is 0 Å². The van der Waals surface area contributed by atoms with E-state index < -0.39 is 6.09 Å². The van der Waals surface area contributed by atoms with Gasteiger partial charge in [0.25, 0.3) is 0 Å². The first-order valence-corrected chi connectivity index (χ1v) is 5.35. The van der Waals surface area contributed by atoms with Crippen molar-refractivity contribution in [3.8, 4) is 0 Å². The van der Waals surface area contributed by atoms with Crippen LogP contribution >= 0.6 is 0 Å². The molecule has 88 valence electrons. The highest BCUT2D eigenvalue weighted by atomic mass is 16.4. The molecule has 0 aromatic heterocycles. The molecule has 3 nitrogen and oxygen atoms in total. The van der Waals surface area contributed by atoms with Crippen LogP contribution in [0.2, 0.25) is 0 Å². The summed E-state index contributed by atoms with van der Waals surface area (Å²) in [6, 6.07) is 7.98. The van der Waals surface area contributed by atoms with Gasteiger partial charge in [-0.3, -0.25) is 0 Å². The maximum absolute atomic E-state index is 10.8. The maximum atomic E-state index is 10.8. The Morgan fingerprint density at radius 1 is 1.31 bits per heavy atom. The van der Waals surface area contributed by atoms with Crippen LogP contribution in [0, 0.1) is 0 Å². The van der Waals surface area contributed by atoms with Crippen molar-refractivity contribution in [3.05, 3.63) is 35.4 Å². The Balaban J connectivity index is 3.01. The Labute approximate surface area is 96.7 Å².